The second-order valence-corrected chi connectivity index (χ2v) is 5.50. The number of benzene rings is 1. The van der Waals surface area contributed by atoms with Crippen LogP contribution in [-0.2, 0) is 9.53 Å². The summed E-state index contributed by atoms with van der Waals surface area (Å²) >= 11 is 0. The molecule has 22 heavy (non-hydrogen) atoms. The van der Waals surface area contributed by atoms with Crippen molar-refractivity contribution < 1.29 is 14.6 Å². The number of carbonyl (C=O) groups is 1. The standard InChI is InChI=1S/C16H24N2O3.ClH/c1-12-4-6-13(7-5-12)15(19)10-18-16(20)11-17-9-14-3-2-8-21-14;/h4-7,14-15,17,19H,2-3,8-11H2,1H3,(H,18,20);1H. The molecule has 6 heteroatoms. The molecule has 2 atom stereocenters. The number of aliphatic hydroxyl groups excluding tert-OH is 1. The average Bonchev–Trinajstić information content (AvgIpc) is 2.99. The first-order valence-corrected chi connectivity index (χ1v) is 7.49. The van der Waals surface area contributed by atoms with Crippen molar-refractivity contribution >= 4 is 18.3 Å². The molecular formula is C16H25ClN2O3. The Morgan fingerprint density at radius 1 is 1.41 bits per heavy atom. The molecule has 0 bridgehead atoms. The number of aliphatic hydroxyl groups is 1. The molecule has 0 aromatic heterocycles. The van der Waals surface area contributed by atoms with E-state index >= 15 is 0 Å². The molecule has 3 N–H and O–H groups in total. The fraction of sp³-hybridized carbons (Fsp3) is 0.562. The summed E-state index contributed by atoms with van der Waals surface area (Å²) in [4.78, 5) is 11.7. The summed E-state index contributed by atoms with van der Waals surface area (Å²) in [5.74, 6) is -0.112. The Balaban J connectivity index is 0.00000242. The largest absolute Gasteiger partial charge is 0.387 e. The van der Waals surface area contributed by atoms with Gasteiger partial charge in [-0.3, -0.25) is 4.79 Å². The molecule has 0 radical (unpaired) electrons. The smallest absolute Gasteiger partial charge is 0.234 e. The van der Waals surface area contributed by atoms with Crippen molar-refractivity contribution in [1.29, 1.82) is 0 Å². The van der Waals surface area contributed by atoms with E-state index in [1.54, 1.807) is 0 Å². The monoisotopic (exact) mass is 328 g/mol. The highest BCUT2D eigenvalue weighted by molar-refractivity contribution is 5.85. The third-order valence-corrected chi connectivity index (χ3v) is 3.64. The van der Waals surface area contributed by atoms with E-state index < -0.39 is 6.10 Å². The van der Waals surface area contributed by atoms with Crippen molar-refractivity contribution in [1.82, 2.24) is 10.6 Å². The maximum atomic E-state index is 11.7. The van der Waals surface area contributed by atoms with Crippen molar-refractivity contribution in [3.8, 4) is 0 Å². The van der Waals surface area contributed by atoms with Gasteiger partial charge in [0, 0.05) is 19.7 Å². The van der Waals surface area contributed by atoms with Crippen LogP contribution in [0, 0.1) is 6.92 Å². The van der Waals surface area contributed by atoms with Crippen LogP contribution in [0.5, 0.6) is 0 Å². The van der Waals surface area contributed by atoms with Gasteiger partial charge in [-0.25, -0.2) is 0 Å². The van der Waals surface area contributed by atoms with Gasteiger partial charge in [0.2, 0.25) is 5.91 Å². The van der Waals surface area contributed by atoms with E-state index in [4.69, 9.17) is 4.74 Å². The lowest BCUT2D eigenvalue weighted by Gasteiger charge is -2.14. The Labute approximate surface area is 137 Å². The first-order chi connectivity index (χ1) is 10.1. The first-order valence-electron chi connectivity index (χ1n) is 7.49. The Bertz CT molecular complexity index is 447. The lowest BCUT2D eigenvalue weighted by Crippen LogP contribution is -2.38. The van der Waals surface area contributed by atoms with Crippen molar-refractivity contribution in [3.05, 3.63) is 35.4 Å². The van der Waals surface area contributed by atoms with Gasteiger partial charge in [0.05, 0.1) is 18.8 Å². The molecule has 0 spiro atoms. The number of hydrogen-bond donors (Lipinski definition) is 3. The van der Waals surface area contributed by atoms with Gasteiger partial charge in [-0.1, -0.05) is 29.8 Å². The minimum Gasteiger partial charge on any atom is -0.387 e. The van der Waals surface area contributed by atoms with Crippen molar-refractivity contribution in [2.75, 3.05) is 26.2 Å². The highest BCUT2D eigenvalue weighted by Gasteiger charge is 2.15. The Morgan fingerprint density at radius 3 is 2.77 bits per heavy atom. The van der Waals surface area contributed by atoms with Crippen LogP contribution >= 0.6 is 12.4 Å². The van der Waals surface area contributed by atoms with E-state index in [-0.39, 0.29) is 37.5 Å². The summed E-state index contributed by atoms with van der Waals surface area (Å²) in [6.45, 7) is 4.00. The lowest BCUT2D eigenvalue weighted by atomic mass is 10.1. The molecule has 1 fully saturated rings. The number of hydrogen-bond acceptors (Lipinski definition) is 4. The third kappa shape index (κ3) is 6.32. The zero-order valence-electron chi connectivity index (χ0n) is 12.9. The molecule has 0 saturated carbocycles. The van der Waals surface area contributed by atoms with Crippen LogP contribution in [0.3, 0.4) is 0 Å². The van der Waals surface area contributed by atoms with Crippen LogP contribution in [0.25, 0.3) is 0 Å². The minimum absolute atomic E-state index is 0. The van der Waals surface area contributed by atoms with Gasteiger partial charge in [0.1, 0.15) is 0 Å². The van der Waals surface area contributed by atoms with Crippen molar-refractivity contribution in [2.24, 2.45) is 0 Å². The molecule has 1 aromatic rings. The lowest BCUT2D eigenvalue weighted by molar-refractivity contribution is -0.120. The van der Waals surface area contributed by atoms with Crippen molar-refractivity contribution in [3.63, 3.8) is 0 Å². The second-order valence-electron chi connectivity index (χ2n) is 5.50. The SMILES string of the molecule is Cc1ccc(C(O)CNC(=O)CNCC2CCCO2)cc1.Cl. The predicted octanol–water partition coefficient (Wildman–Crippen LogP) is 1.34. The van der Waals surface area contributed by atoms with E-state index in [0.717, 1.165) is 30.6 Å². The fourth-order valence-corrected chi connectivity index (χ4v) is 2.33. The number of rotatable bonds is 7. The molecule has 1 aromatic carbocycles. The molecule has 1 aliphatic heterocycles. The van der Waals surface area contributed by atoms with Crippen LogP contribution < -0.4 is 10.6 Å². The molecular weight excluding hydrogens is 304 g/mol. The van der Waals surface area contributed by atoms with Crippen molar-refractivity contribution in [2.45, 2.75) is 32.0 Å². The Morgan fingerprint density at radius 2 is 2.14 bits per heavy atom. The zero-order chi connectivity index (χ0) is 15.1. The van der Waals surface area contributed by atoms with Crippen LogP contribution in [0.15, 0.2) is 24.3 Å². The highest BCUT2D eigenvalue weighted by Crippen LogP contribution is 2.12. The number of halogens is 1. The summed E-state index contributed by atoms with van der Waals surface area (Å²) in [6, 6.07) is 7.65. The normalized spacial score (nSPS) is 18.5. The summed E-state index contributed by atoms with van der Waals surface area (Å²) in [5, 5.41) is 15.8. The van der Waals surface area contributed by atoms with Crippen LogP contribution in [-0.4, -0.2) is 43.4 Å². The third-order valence-electron chi connectivity index (χ3n) is 3.64. The zero-order valence-corrected chi connectivity index (χ0v) is 13.7. The number of amides is 1. The van der Waals surface area contributed by atoms with E-state index in [0.29, 0.717) is 6.54 Å². The van der Waals surface area contributed by atoms with Gasteiger partial charge in [-0.15, -0.1) is 12.4 Å². The maximum Gasteiger partial charge on any atom is 0.234 e. The van der Waals surface area contributed by atoms with Crippen LogP contribution in [0.2, 0.25) is 0 Å². The summed E-state index contributed by atoms with van der Waals surface area (Å²) in [5.41, 5.74) is 1.96. The van der Waals surface area contributed by atoms with E-state index in [2.05, 4.69) is 10.6 Å². The van der Waals surface area contributed by atoms with Gasteiger partial charge < -0.3 is 20.5 Å². The number of aryl methyl sites for hydroxylation is 1. The second kappa shape index (κ2) is 9.79. The fourth-order valence-electron chi connectivity index (χ4n) is 2.33. The molecule has 0 aliphatic carbocycles. The molecule has 2 rings (SSSR count). The van der Waals surface area contributed by atoms with Gasteiger partial charge in [0.25, 0.3) is 0 Å². The molecule has 2 unspecified atom stereocenters. The Kier molecular flexibility index (Phi) is 8.42. The predicted molar refractivity (Wildman–Crippen MR) is 88.2 cm³/mol. The van der Waals surface area contributed by atoms with Gasteiger partial charge in [0.15, 0.2) is 0 Å². The van der Waals surface area contributed by atoms with Gasteiger partial charge in [-0.05, 0) is 25.3 Å². The molecule has 1 saturated heterocycles. The molecule has 1 amide bonds. The van der Waals surface area contributed by atoms with Crippen LogP contribution in [0.4, 0.5) is 0 Å². The van der Waals surface area contributed by atoms with Gasteiger partial charge in [-0.2, -0.15) is 0 Å². The first kappa shape index (κ1) is 18.9. The Hall–Kier alpha value is -1.14. The molecule has 124 valence electrons. The quantitative estimate of drug-likeness (QED) is 0.706. The summed E-state index contributed by atoms with van der Waals surface area (Å²) in [7, 11) is 0. The number of carbonyl (C=O) groups excluding carboxylic acids is 1. The van der Waals surface area contributed by atoms with Gasteiger partial charge >= 0.3 is 0 Å². The molecule has 5 nitrogen and oxygen atoms in total. The minimum atomic E-state index is -0.673. The highest BCUT2D eigenvalue weighted by atomic mass is 35.5. The summed E-state index contributed by atoms with van der Waals surface area (Å²) < 4.78 is 5.47. The molecule has 1 heterocycles. The topological polar surface area (TPSA) is 70.6 Å². The average molecular weight is 329 g/mol. The van der Waals surface area contributed by atoms with Crippen LogP contribution in [0.1, 0.15) is 30.1 Å². The van der Waals surface area contributed by atoms with E-state index in [1.165, 1.54) is 0 Å². The maximum absolute atomic E-state index is 11.7. The van der Waals surface area contributed by atoms with E-state index in [1.807, 2.05) is 31.2 Å². The number of ether oxygens (including phenoxy) is 1. The molecule has 1 aliphatic rings. The number of nitrogens with one attached hydrogen (secondary N) is 2. The summed E-state index contributed by atoms with van der Waals surface area (Å²) in [6.07, 6.45) is 1.71. The van der Waals surface area contributed by atoms with E-state index in [9.17, 15) is 9.90 Å².